The van der Waals surface area contributed by atoms with Crippen molar-refractivity contribution in [3.8, 4) is 11.3 Å². The van der Waals surface area contributed by atoms with Gasteiger partial charge in [0.2, 0.25) is 0 Å². The first-order valence-corrected chi connectivity index (χ1v) is 7.05. The molecule has 110 valence electrons. The monoisotopic (exact) mass is 285 g/mol. The Morgan fingerprint density at radius 2 is 1.95 bits per heavy atom. The van der Waals surface area contributed by atoms with E-state index in [1.54, 1.807) is 6.07 Å². The van der Waals surface area contributed by atoms with E-state index in [1.807, 2.05) is 47.9 Å². The lowest BCUT2D eigenvalue weighted by Gasteiger charge is -2.21. The van der Waals surface area contributed by atoms with E-state index in [2.05, 4.69) is 10.2 Å². The number of benzene rings is 1. The normalized spacial score (nSPS) is 15.3. The molecule has 0 aliphatic carbocycles. The molecule has 0 atom stereocenters. The highest BCUT2D eigenvalue weighted by molar-refractivity contribution is 5.94. The summed E-state index contributed by atoms with van der Waals surface area (Å²) in [4.78, 5) is 16.0. The summed E-state index contributed by atoms with van der Waals surface area (Å²) >= 11 is 0. The third-order valence-corrected chi connectivity index (χ3v) is 3.75. The summed E-state index contributed by atoms with van der Waals surface area (Å²) in [6.07, 6.45) is 0. The van der Waals surface area contributed by atoms with Crippen LogP contribution in [0.5, 0.6) is 0 Å². The van der Waals surface area contributed by atoms with Crippen molar-refractivity contribution in [3.05, 3.63) is 30.3 Å². The maximum atomic E-state index is 12.3. The number of nitrogens with one attached hydrogen (secondary N) is 1. The number of amides is 2. The van der Waals surface area contributed by atoms with Gasteiger partial charge >= 0.3 is 6.03 Å². The predicted octanol–water partition coefficient (Wildman–Crippen LogP) is 2.31. The van der Waals surface area contributed by atoms with Gasteiger partial charge in [0.15, 0.2) is 0 Å². The number of aromatic nitrogens is 2. The molecule has 1 aromatic carbocycles. The summed E-state index contributed by atoms with van der Waals surface area (Å²) in [5, 5.41) is 6.79. The fraction of sp³-hybridized carbons (Fsp3) is 0.333. The number of nitrogens with two attached hydrogens (primary N) is 1. The Morgan fingerprint density at radius 1 is 1.24 bits per heavy atom. The second-order valence-electron chi connectivity index (χ2n) is 5.47. The molecule has 1 saturated heterocycles. The van der Waals surface area contributed by atoms with Crippen molar-refractivity contribution in [1.29, 1.82) is 0 Å². The Morgan fingerprint density at radius 3 is 2.48 bits per heavy atom. The molecule has 6 heteroatoms. The fourth-order valence-electron chi connectivity index (χ4n) is 2.58. The van der Waals surface area contributed by atoms with Crippen molar-refractivity contribution in [3.63, 3.8) is 0 Å². The number of urea groups is 1. The lowest BCUT2D eigenvalue weighted by atomic mass is 10.1. The lowest BCUT2D eigenvalue weighted by molar-refractivity contribution is 0.209. The van der Waals surface area contributed by atoms with Gasteiger partial charge < -0.3 is 10.6 Å². The minimum atomic E-state index is 0.0727. The van der Waals surface area contributed by atoms with E-state index in [4.69, 9.17) is 5.73 Å². The molecule has 1 aliphatic heterocycles. The van der Waals surface area contributed by atoms with Crippen molar-refractivity contribution in [1.82, 2.24) is 15.1 Å². The van der Waals surface area contributed by atoms with Crippen LogP contribution in [0.4, 0.5) is 16.3 Å². The Hall–Kier alpha value is -2.50. The third kappa shape index (κ3) is 2.44. The molecule has 0 radical (unpaired) electrons. The highest BCUT2D eigenvalue weighted by Crippen LogP contribution is 2.25. The van der Waals surface area contributed by atoms with E-state index in [0.29, 0.717) is 5.82 Å². The van der Waals surface area contributed by atoms with Crippen LogP contribution in [-0.2, 0) is 0 Å². The Balaban J connectivity index is 1.80. The first kappa shape index (κ1) is 13.5. The topological polar surface area (TPSA) is 78.2 Å². The zero-order valence-corrected chi connectivity index (χ0v) is 12.2. The van der Waals surface area contributed by atoms with E-state index in [9.17, 15) is 4.79 Å². The average Bonchev–Trinajstić information content (AvgIpc) is 3.05. The van der Waals surface area contributed by atoms with E-state index < -0.39 is 0 Å². The predicted molar refractivity (Wildman–Crippen MR) is 83.0 cm³/mol. The molecule has 3 rings (SSSR count). The molecule has 2 aromatic rings. The van der Waals surface area contributed by atoms with Crippen LogP contribution in [0.3, 0.4) is 0 Å². The molecule has 0 spiro atoms. The largest absolute Gasteiger partial charge is 0.382 e. The maximum absolute atomic E-state index is 12.3. The minimum absolute atomic E-state index is 0.0727. The molecular weight excluding hydrogens is 266 g/mol. The summed E-state index contributed by atoms with van der Waals surface area (Å²) < 4.78 is 0. The summed E-state index contributed by atoms with van der Waals surface area (Å²) in [7, 11) is 0. The molecule has 0 saturated carbocycles. The molecule has 0 bridgehead atoms. The number of carbonyl (C=O) groups excluding carboxylic acids is 1. The Labute approximate surface area is 123 Å². The third-order valence-electron chi connectivity index (χ3n) is 3.75. The summed E-state index contributed by atoms with van der Waals surface area (Å²) in [6.45, 7) is 5.57. The van der Waals surface area contributed by atoms with Crippen molar-refractivity contribution in [2.45, 2.75) is 19.9 Å². The van der Waals surface area contributed by atoms with Crippen molar-refractivity contribution < 1.29 is 4.79 Å². The number of carbonyl (C=O) groups is 1. The zero-order valence-electron chi connectivity index (χ0n) is 12.2. The first-order valence-electron chi connectivity index (χ1n) is 7.05. The van der Waals surface area contributed by atoms with Crippen molar-refractivity contribution >= 4 is 17.5 Å². The fourth-order valence-corrected chi connectivity index (χ4v) is 2.58. The van der Waals surface area contributed by atoms with Crippen LogP contribution in [0.1, 0.15) is 13.8 Å². The van der Waals surface area contributed by atoms with Crippen LogP contribution < -0.4 is 10.6 Å². The minimum Gasteiger partial charge on any atom is -0.382 e. The van der Waals surface area contributed by atoms with E-state index in [1.165, 1.54) is 0 Å². The first-order chi connectivity index (χ1) is 10.1. The molecule has 0 unspecified atom stereocenters. The lowest BCUT2D eigenvalue weighted by Crippen LogP contribution is -2.36. The summed E-state index contributed by atoms with van der Waals surface area (Å²) in [5.74, 6) is 0.469. The van der Waals surface area contributed by atoms with Gasteiger partial charge in [0.25, 0.3) is 0 Å². The summed E-state index contributed by atoms with van der Waals surface area (Å²) in [5.41, 5.74) is 8.39. The average molecular weight is 285 g/mol. The molecule has 2 heterocycles. The number of hydrogen-bond donors (Lipinski definition) is 2. The molecule has 1 fully saturated rings. The van der Waals surface area contributed by atoms with Gasteiger partial charge in [0.05, 0.1) is 5.69 Å². The highest BCUT2D eigenvalue weighted by Gasteiger charge is 2.30. The number of nitrogens with zero attached hydrogens (tertiary/aromatic N) is 3. The van der Waals surface area contributed by atoms with Gasteiger partial charge in [-0.2, -0.15) is 5.10 Å². The van der Waals surface area contributed by atoms with Crippen LogP contribution >= 0.6 is 0 Å². The van der Waals surface area contributed by atoms with Gasteiger partial charge in [-0.25, -0.2) is 4.79 Å². The zero-order chi connectivity index (χ0) is 15.0. The van der Waals surface area contributed by atoms with Crippen LogP contribution in [0.15, 0.2) is 30.3 Å². The van der Waals surface area contributed by atoms with E-state index in [-0.39, 0.29) is 12.1 Å². The molecule has 6 nitrogen and oxygen atoms in total. The molecule has 1 aromatic heterocycles. The summed E-state index contributed by atoms with van der Waals surface area (Å²) in [6, 6.07) is 9.93. The second-order valence-corrected chi connectivity index (χ2v) is 5.47. The number of aromatic amines is 1. The smallest absolute Gasteiger partial charge is 0.324 e. The molecule has 2 amide bonds. The Kier molecular flexibility index (Phi) is 3.29. The molecule has 3 N–H and O–H groups in total. The number of hydrogen-bond acceptors (Lipinski definition) is 3. The van der Waals surface area contributed by atoms with Gasteiger partial charge in [-0.1, -0.05) is 12.1 Å². The van der Waals surface area contributed by atoms with Gasteiger partial charge in [-0.05, 0) is 31.5 Å². The van der Waals surface area contributed by atoms with Gasteiger partial charge in [-0.15, -0.1) is 0 Å². The molecular formula is C15H19N5O. The number of anilines is 2. The molecule has 1 aliphatic rings. The van der Waals surface area contributed by atoms with Crippen molar-refractivity contribution in [2.75, 3.05) is 23.7 Å². The van der Waals surface area contributed by atoms with E-state index >= 15 is 0 Å². The van der Waals surface area contributed by atoms with Crippen LogP contribution in [0.2, 0.25) is 0 Å². The van der Waals surface area contributed by atoms with Crippen LogP contribution in [-0.4, -0.2) is 40.3 Å². The maximum Gasteiger partial charge on any atom is 0.324 e. The second kappa shape index (κ2) is 5.12. The van der Waals surface area contributed by atoms with Gasteiger partial charge in [0.1, 0.15) is 5.82 Å². The highest BCUT2D eigenvalue weighted by atomic mass is 16.2. The number of nitrogen functional groups attached to an aromatic ring is 1. The quantitative estimate of drug-likeness (QED) is 0.908. The number of rotatable bonds is 3. The molecule has 21 heavy (non-hydrogen) atoms. The number of H-pyrrole nitrogens is 1. The van der Waals surface area contributed by atoms with Crippen LogP contribution in [0, 0.1) is 0 Å². The SMILES string of the molecule is CC(C)N1CCN(c2ccc(-c3cc(N)n[nH]3)cc2)C1=O. The standard InChI is InChI=1S/C15H19N5O/c1-10(2)19-7-8-20(15(19)21)12-5-3-11(4-6-12)13-9-14(16)18-17-13/h3-6,9-10H,7-8H2,1-2H3,(H3,16,17,18). The van der Waals surface area contributed by atoms with Gasteiger partial charge in [-0.3, -0.25) is 10.00 Å². The van der Waals surface area contributed by atoms with Crippen LogP contribution in [0.25, 0.3) is 11.3 Å². The Bertz CT molecular complexity index is 646. The van der Waals surface area contributed by atoms with Gasteiger partial charge in [0, 0.05) is 30.9 Å². The van der Waals surface area contributed by atoms with Crippen molar-refractivity contribution in [2.24, 2.45) is 0 Å². The van der Waals surface area contributed by atoms with E-state index in [0.717, 1.165) is 30.0 Å².